The SMILES string of the molecule is [2H]C(C)(C)[C@@H](CC)CS(=O)(=O)c1ccc(C)cc1. The Morgan fingerprint density at radius 2 is 1.76 bits per heavy atom. The minimum absolute atomic E-state index is 0.0447. The molecule has 0 aromatic heterocycles. The molecule has 1 rings (SSSR count). The van der Waals surface area contributed by atoms with Gasteiger partial charge in [0.05, 0.1) is 10.6 Å². The van der Waals surface area contributed by atoms with Crippen molar-refractivity contribution in [2.45, 2.75) is 39.0 Å². The van der Waals surface area contributed by atoms with Gasteiger partial charge in [-0.15, -0.1) is 0 Å². The molecule has 3 heteroatoms. The Morgan fingerprint density at radius 3 is 2.18 bits per heavy atom. The lowest BCUT2D eigenvalue weighted by Crippen LogP contribution is -2.20. The average molecular weight is 255 g/mol. The van der Waals surface area contributed by atoms with Crippen molar-refractivity contribution in [3.05, 3.63) is 29.8 Å². The lowest BCUT2D eigenvalue weighted by Gasteiger charge is -2.18. The zero-order chi connectivity index (χ0) is 14.0. The summed E-state index contributed by atoms with van der Waals surface area (Å²) in [7, 11) is -3.29. The van der Waals surface area contributed by atoms with Crippen molar-refractivity contribution in [2.24, 2.45) is 11.8 Å². The molecule has 2 nitrogen and oxygen atoms in total. The van der Waals surface area contributed by atoms with Crippen LogP contribution >= 0.6 is 0 Å². The van der Waals surface area contributed by atoms with Crippen molar-refractivity contribution in [1.29, 1.82) is 0 Å². The molecule has 0 saturated carbocycles. The second-order valence-corrected chi connectivity index (χ2v) is 6.81. The third-order valence-electron chi connectivity index (χ3n) is 3.11. The van der Waals surface area contributed by atoms with Gasteiger partial charge in [0.15, 0.2) is 9.84 Å². The molecule has 0 N–H and O–H groups in total. The van der Waals surface area contributed by atoms with Gasteiger partial charge in [0.1, 0.15) is 0 Å². The van der Waals surface area contributed by atoms with E-state index in [4.69, 9.17) is 1.37 Å². The molecule has 1 aromatic carbocycles. The van der Waals surface area contributed by atoms with Crippen molar-refractivity contribution in [3.8, 4) is 0 Å². The fourth-order valence-corrected chi connectivity index (χ4v) is 3.64. The maximum atomic E-state index is 12.3. The molecule has 17 heavy (non-hydrogen) atoms. The summed E-state index contributed by atoms with van der Waals surface area (Å²) in [5.41, 5.74) is 1.04. The normalized spacial score (nSPS) is 15.4. The van der Waals surface area contributed by atoms with E-state index < -0.39 is 15.7 Å². The minimum atomic E-state index is -3.29. The van der Waals surface area contributed by atoms with Crippen LogP contribution in [0.4, 0.5) is 0 Å². The van der Waals surface area contributed by atoms with Gasteiger partial charge in [-0.1, -0.05) is 44.9 Å². The van der Waals surface area contributed by atoms with E-state index in [0.717, 1.165) is 5.56 Å². The number of hydrogen-bond acceptors (Lipinski definition) is 2. The van der Waals surface area contributed by atoms with Gasteiger partial charge in [0, 0.05) is 1.37 Å². The molecular formula is C14H22O2S. The Balaban J connectivity index is 2.98. The average Bonchev–Trinajstić information content (AvgIpc) is 2.25. The quantitative estimate of drug-likeness (QED) is 0.807. The van der Waals surface area contributed by atoms with Gasteiger partial charge in [0.25, 0.3) is 0 Å². The monoisotopic (exact) mass is 255 g/mol. The third-order valence-corrected chi connectivity index (χ3v) is 4.94. The lowest BCUT2D eigenvalue weighted by molar-refractivity contribution is 0.406. The molecule has 0 aliphatic carbocycles. The number of rotatable bonds is 5. The fraction of sp³-hybridized carbons (Fsp3) is 0.571. The smallest absolute Gasteiger partial charge is 0.178 e. The van der Waals surface area contributed by atoms with Gasteiger partial charge >= 0.3 is 0 Å². The van der Waals surface area contributed by atoms with Crippen molar-refractivity contribution < 1.29 is 9.79 Å². The van der Waals surface area contributed by atoms with Crippen LogP contribution in [-0.2, 0) is 9.84 Å². The summed E-state index contributed by atoms with van der Waals surface area (Å²) in [4.78, 5) is 0.357. The fourth-order valence-electron chi connectivity index (χ4n) is 1.80. The highest BCUT2D eigenvalue weighted by molar-refractivity contribution is 7.91. The first kappa shape index (κ1) is 12.6. The molecule has 0 aliphatic rings. The highest BCUT2D eigenvalue weighted by Crippen LogP contribution is 2.21. The first-order chi connectivity index (χ1) is 8.16. The van der Waals surface area contributed by atoms with Crippen LogP contribution in [0.2, 0.25) is 0 Å². The molecule has 0 bridgehead atoms. The molecule has 0 spiro atoms. The highest BCUT2D eigenvalue weighted by atomic mass is 32.2. The Bertz CT molecular complexity index is 484. The molecule has 0 aliphatic heterocycles. The zero-order valence-electron chi connectivity index (χ0n) is 12.0. The largest absolute Gasteiger partial charge is 0.224 e. The van der Waals surface area contributed by atoms with Gasteiger partial charge in [-0.25, -0.2) is 8.42 Å². The molecule has 1 atom stereocenters. The van der Waals surface area contributed by atoms with Crippen molar-refractivity contribution in [1.82, 2.24) is 0 Å². The van der Waals surface area contributed by atoms with E-state index in [-0.39, 0.29) is 11.7 Å². The molecular weight excluding hydrogens is 232 g/mol. The number of sulfone groups is 1. The summed E-state index contributed by atoms with van der Waals surface area (Å²) >= 11 is 0. The van der Waals surface area contributed by atoms with Crippen LogP contribution in [-0.4, -0.2) is 14.2 Å². The van der Waals surface area contributed by atoms with E-state index >= 15 is 0 Å². The molecule has 0 saturated heterocycles. The van der Waals surface area contributed by atoms with Crippen LogP contribution in [0.25, 0.3) is 0 Å². The first-order valence-electron chi connectivity index (χ1n) is 6.46. The molecule has 0 amide bonds. The van der Waals surface area contributed by atoms with Gasteiger partial charge in [0.2, 0.25) is 0 Å². The Hall–Kier alpha value is -0.830. The Kier molecular flexibility index (Phi) is 4.21. The molecule has 96 valence electrons. The summed E-state index contributed by atoms with van der Waals surface area (Å²) in [6.45, 7) is 7.40. The van der Waals surface area contributed by atoms with Crippen molar-refractivity contribution in [2.75, 3.05) is 5.75 Å². The van der Waals surface area contributed by atoms with Crippen LogP contribution in [0.5, 0.6) is 0 Å². The topological polar surface area (TPSA) is 34.1 Å². The second kappa shape index (κ2) is 5.67. The van der Waals surface area contributed by atoms with Gasteiger partial charge in [-0.3, -0.25) is 0 Å². The van der Waals surface area contributed by atoms with Crippen LogP contribution in [0.15, 0.2) is 29.2 Å². The number of hydrogen-bond donors (Lipinski definition) is 0. The van der Waals surface area contributed by atoms with Crippen LogP contribution in [0.1, 0.15) is 34.1 Å². The Labute approximate surface area is 106 Å². The third kappa shape index (κ3) is 3.84. The summed E-state index contributed by atoms with van der Waals surface area (Å²) < 4.78 is 32.6. The van der Waals surface area contributed by atoms with Crippen LogP contribution in [0.3, 0.4) is 0 Å². The summed E-state index contributed by atoms with van der Waals surface area (Å²) in [5, 5.41) is 0. The number of aryl methyl sites for hydroxylation is 1. The van der Waals surface area contributed by atoms with Crippen LogP contribution < -0.4 is 0 Å². The summed E-state index contributed by atoms with van der Waals surface area (Å²) in [6.07, 6.45) is 0.696. The molecule has 1 aromatic rings. The standard InChI is InChI=1S/C14H22O2S/c1-5-13(11(2)3)10-17(15,16)14-8-6-12(4)7-9-14/h6-9,11,13H,5,10H2,1-4H3/t13-/m0/s1/i11D. The molecule has 0 radical (unpaired) electrons. The predicted molar refractivity (Wildman–Crippen MR) is 71.9 cm³/mol. The molecule has 0 unspecified atom stereocenters. The minimum Gasteiger partial charge on any atom is -0.224 e. The van der Waals surface area contributed by atoms with Crippen LogP contribution in [0, 0.1) is 18.7 Å². The van der Waals surface area contributed by atoms with E-state index in [1.54, 1.807) is 38.1 Å². The zero-order valence-corrected chi connectivity index (χ0v) is 11.8. The molecule has 0 heterocycles. The maximum absolute atomic E-state index is 12.3. The Morgan fingerprint density at radius 1 is 1.24 bits per heavy atom. The van der Waals surface area contributed by atoms with E-state index in [2.05, 4.69) is 0 Å². The van der Waals surface area contributed by atoms with Crippen molar-refractivity contribution in [3.63, 3.8) is 0 Å². The molecule has 0 fully saturated rings. The highest BCUT2D eigenvalue weighted by Gasteiger charge is 2.22. The first-order valence-corrected chi connectivity index (χ1v) is 7.61. The predicted octanol–water partition coefficient (Wildman–Crippen LogP) is 3.45. The lowest BCUT2D eigenvalue weighted by atomic mass is 9.96. The second-order valence-electron chi connectivity index (χ2n) is 4.78. The maximum Gasteiger partial charge on any atom is 0.178 e. The van der Waals surface area contributed by atoms with Crippen molar-refractivity contribution >= 4 is 9.84 Å². The summed E-state index contributed by atoms with van der Waals surface area (Å²) in [5.74, 6) is -0.834. The van der Waals surface area contributed by atoms with E-state index in [1.807, 2.05) is 13.8 Å². The van der Waals surface area contributed by atoms with Gasteiger partial charge < -0.3 is 0 Å². The van der Waals surface area contributed by atoms with E-state index in [1.165, 1.54) is 0 Å². The van der Waals surface area contributed by atoms with E-state index in [9.17, 15) is 8.42 Å². The van der Waals surface area contributed by atoms with E-state index in [0.29, 0.717) is 11.3 Å². The van der Waals surface area contributed by atoms with Gasteiger partial charge in [-0.05, 0) is 30.9 Å². The van der Waals surface area contributed by atoms with Gasteiger partial charge in [-0.2, -0.15) is 0 Å². The summed E-state index contributed by atoms with van der Waals surface area (Å²) in [6, 6.07) is 6.90. The number of benzene rings is 1.